The smallest absolute Gasteiger partial charge is 0.251 e. The number of hydrogen-bond donors (Lipinski definition) is 3. The number of benzene rings is 1. The first-order chi connectivity index (χ1) is 15.0. The maximum Gasteiger partial charge on any atom is 0.251 e. The third-order valence-electron chi connectivity index (χ3n) is 6.22. The molecule has 6 nitrogen and oxygen atoms in total. The van der Waals surface area contributed by atoms with E-state index in [0.717, 1.165) is 50.7 Å². The number of hydrogen-bond acceptors (Lipinski definition) is 3. The molecule has 1 unspecified atom stereocenters. The molecule has 1 aromatic rings. The maximum absolute atomic E-state index is 12.4. The lowest BCUT2D eigenvalue weighted by Gasteiger charge is -2.30. The van der Waals surface area contributed by atoms with Gasteiger partial charge >= 0.3 is 0 Å². The normalized spacial score (nSPS) is 16.7. The lowest BCUT2D eigenvalue weighted by molar-refractivity contribution is 0.0939. The number of carbonyl (C=O) groups excluding carboxylic acids is 1. The van der Waals surface area contributed by atoms with Gasteiger partial charge in [0.2, 0.25) is 0 Å². The van der Waals surface area contributed by atoms with Crippen LogP contribution in [0.1, 0.15) is 82.1 Å². The molecule has 2 rings (SSSR count). The number of guanidine groups is 1. The summed E-state index contributed by atoms with van der Waals surface area (Å²) in [6.45, 7) is 12.1. The van der Waals surface area contributed by atoms with Crippen LogP contribution < -0.4 is 16.0 Å². The van der Waals surface area contributed by atoms with Gasteiger partial charge in [-0.3, -0.25) is 4.79 Å². The molecule has 0 bridgehead atoms. The Kier molecular flexibility index (Phi) is 10.9. The molecule has 1 fully saturated rings. The van der Waals surface area contributed by atoms with Gasteiger partial charge in [0.05, 0.1) is 6.54 Å². The Morgan fingerprint density at radius 2 is 1.97 bits per heavy atom. The summed E-state index contributed by atoms with van der Waals surface area (Å²) in [5.74, 6) is 0.808. The van der Waals surface area contributed by atoms with Crippen molar-refractivity contribution >= 4 is 11.9 Å². The standard InChI is InChI=1S/C25H42N4O2/c1-5-20(4)29-23(30)22-12-10-11-21(17-22)18-27-24(26-6-2)28-19-25(13-8-9-14-25)15-16-31-7-3/h10-12,17,20H,5-9,13-16,18-19H2,1-4H3,(H,29,30)(H2,26,27,28). The topological polar surface area (TPSA) is 74.8 Å². The number of nitrogens with zero attached hydrogens (tertiary/aromatic N) is 1. The van der Waals surface area contributed by atoms with Crippen molar-refractivity contribution in [3.63, 3.8) is 0 Å². The molecule has 0 heterocycles. The van der Waals surface area contributed by atoms with Crippen LogP contribution in [-0.4, -0.2) is 44.2 Å². The van der Waals surface area contributed by atoms with E-state index in [0.29, 0.717) is 17.5 Å². The van der Waals surface area contributed by atoms with E-state index in [9.17, 15) is 4.79 Å². The summed E-state index contributed by atoms with van der Waals surface area (Å²) < 4.78 is 5.64. The molecule has 0 saturated heterocycles. The van der Waals surface area contributed by atoms with Gasteiger partial charge in [0.15, 0.2) is 5.96 Å². The summed E-state index contributed by atoms with van der Waals surface area (Å²) in [6.07, 6.45) is 7.11. The number of amides is 1. The van der Waals surface area contributed by atoms with E-state index in [4.69, 9.17) is 9.73 Å². The molecule has 0 aliphatic heterocycles. The van der Waals surface area contributed by atoms with Crippen LogP contribution in [0.5, 0.6) is 0 Å². The number of ether oxygens (including phenoxy) is 1. The summed E-state index contributed by atoms with van der Waals surface area (Å²) >= 11 is 0. The van der Waals surface area contributed by atoms with E-state index in [-0.39, 0.29) is 11.9 Å². The molecular weight excluding hydrogens is 388 g/mol. The van der Waals surface area contributed by atoms with Gasteiger partial charge in [0.25, 0.3) is 5.91 Å². The maximum atomic E-state index is 12.4. The second-order valence-electron chi connectivity index (χ2n) is 8.69. The van der Waals surface area contributed by atoms with Crippen LogP contribution in [0.4, 0.5) is 0 Å². The fourth-order valence-corrected chi connectivity index (χ4v) is 4.08. The van der Waals surface area contributed by atoms with Crippen molar-refractivity contribution < 1.29 is 9.53 Å². The van der Waals surface area contributed by atoms with Gasteiger partial charge < -0.3 is 20.7 Å². The second-order valence-corrected chi connectivity index (χ2v) is 8.69. The van der Waals surface area contributed by atoms with Gasteiger partial charge in [-0.2, -0.15) is 0 Å². The molecule has 0 spiro atoms. The first-order valence-electron chi connectivity index (χ1n) is 12.0. The van der Waals surface area contributed by atoms with Gasteiger partial charge in [0, 0.05) is 37.9 Å². The SMILES string of the molecule is CCNC(=NCc1cccc(C(=O)NC(C)CC)c1)NCC1(CCOCC)CCCC1. The van der Waals surface area contributed by atoms with E-state index in [2.05, 4.69) is 36.7 Å². The van der Waals surface area contributed by atoms with E-state index < -0.39 is 0 Å². The predicted molar refractivity (Wildman–Crippen MR) is 128 cm³/mol. The first-order valence-corrected chi connectivity index (χ1v) is 12.0. The van der Waals surface area contributed by atoms with Crippen molar-refractivity contribution in [3.05, 3.63) is 35.4 Å². The minimum absolute atomic E-state index is 0.0253. The van der Waals surface area contributed by atoms with Gasteiger partial charge in [-0.1, -0.05) is 31.9 Å². The molecule has 174 valence electrons. The molecule has 1 atom stereocenters. The minimum Gasteiger partial charge on any atom is -0.382 e. The summed E-state index contributed by atoms with van der Waals surface area (Å²) in [5.41, 5.74) is 2.02. The zero-order chi connectivity index (χ0) is 22.5. The van der Waals surface area contributed by atoms with Crippen LogP contribution >= 0.6 is 0 Å². The molecule has 1 amide bonds. The Hall–Kier alpha value is -2.08. The summed E-state index contributed by atoms with van der Waals surface area (Å²) in [4.78, 5) is 17.2. The molecule has 0 radical (unpaired) electrons. The number of rotatable bonds is 12. The molecular formula is C25H42N4O2. The molecule has 6 heteroatoms. The molecule has 3 N–H and O–H groups in total. The quantitative estimate of drug-likeness (QED) is 0.263. The third kappa shape index (κ3) is 8.52. The van der Waals surface area contributed by atoms with Crippen LogP contribution in [0, 0.1) is 5.41 Å². The Balaban J connectivity index is 1.99. The average Bonchev–Trinajstić information content (AvgIpc) is 3.25. The van der Waals surface area contributed by atoms with E-state index >= 15 is 0 Å². The zero-order valence-electron chi connectivity index (χ0n) is 19.9. The number of aliphatic imine (C=N–C) groups is 1. The van der Waals surface area contributed by atoms with Crippen molar-refractivity contribution in [3.8, 4) is 0 Å². The summed E-state index contributed by atoms with van der Waals surface area (Å²) in [7, 11) is 0. The molecule has 1 aromatic carbocycles. The highest BCUT2D eigenvalue weighted by Crippen LogP contribution is 2.40. The Morgan fingerprint density at radius 1 is 1.19 bits per heavy atom. The minimum atomic E-state index is -0.0253. The predicted octanol–water partition coefficient (Wildman–Crippen LogP) is 4.26. The fraction of sp³-hybridized carbons (Fsp3) is 0.680. The number of nitrogens with one attached hydrogen (secondary N) is 3. The molecule has 31 heavy (non-hydrogen) atoms. The Labute approximate surface area is 188 Å². The first kappa shape index (κ1) is 25.2. The second kappa shape index (κ2) is 13.4. The average molecular weight is 431 g/mol. The van der Waals surface area contributed by atoms with E-state index in [1.807, 2.05) is 31.2 Å². The van der Waals surface area contributed by atoms with Crippen LogP contribution in [0.15, 0.2) is 29.3 Å². The van der Waals surface area contributed by atoms with Crippen LogP contribution in [0.25, 0.3) is 0 Å². The van der Waals surface area contributed by atoms with Crippen molar-refractivity contribution in [2.75, 3.05) is 26.3 Å². The van der Waals surface area contributed by atoms with Crippen LogP contribution in [-0.2, 0) is 11.3 Å². The zero-order valence-corrected chi connectivity index (χ0v) is 19.9. The van der Waals surface area contributed by atoms with Crippen LogP contribution in [0.3, 0.4) is 0 Å². The third-order valence-corrected chi connectivity index (χ3v) is 6.22. The van der Waals surface area contributed by atoms with Gasteiger partial charge in [-0.15, -0.1) is 0 Å². The van der Waals surface area contributed by atoms with Crippen molar-refractivity contribution in [2.24, 2.45) is 10.4 Å². The van der Waals surface area contributed by atoms with E-state index in [1.54, 1.807) is 0 Å². The molecule has 1 saturated carbocycles. The fourth-order valence-electron chi connectivity index (χ4n) is 4.08. The van der Waals surface area contributed by atoms with Crippen molar-refractivity contribution in [2.45, 2.75) is 78.8 Å². The Bertz CT molecular complexity index is 699. The highest BCUT2D eigenvalue weighted by molar-refractivity contribution is 5.94. The van der Waals surface area contributed by atoms with Gasteiger partial charge in [-0.25, -0.2) is 4.99 Å². The van der Waals surface area contributed by atoms with Gasteiger partial charge in [-0.05, 0) is 69.6 Å². The Morgan fingerprint density at radius 3 is 2.65 bits per heavy atom. The lowest BCUT2D eigenvalue weighted by Crippen LogP contribution is -2.43. The summed E-state index contributed by atoms with van der Waals surface area (Å²) in [5, 5.41) is 9.96. The molecule has 1 aliphatic rings. The monoisotopic (exact) mass is 430 g/mol. The van der Waals surface area contributed by atoms with Crippen molar-refractivity contribution in [1.82, 2.24) is 16.0 Å². The molecule has 0 aromatic heterocycles. The van der Waals surface area contributed by atoms with E-state index in [1.165, 1.54) is 25.7 Å². The summed E-state index contributed by atoms with van der Waals surface area (Å²) in [6, 6.07) is 7.91. The highest BCUT2D eigenvalue weighted by Gasteiger charge is 2.33. The highest BCUT2D eigenvalue weighted by atomic mass is 16.5. The number of carbonyl (C=O) groups is 1. The van der Waals surface area contributed by atoms with Gasteiger partial charge in [0.1, 0.15) is 0 Å². The largest absolute Gasteiger partial charge is 0.382 e. The lowest BCUT2D eigenvalue weighted by atomic mass is 9.83. The van der Waals surface area contributed by atoms with Crippen LogP contribution in [0.2, 0.25) is 0 Å². The van der Waals surface area contributed by atoms with Crippen molar-refractivity contribution in [1.29, 1.82) is 0 Å². The molecule has 1 aliphatic carbocycles.